The van der Waals surface area contributed by atoms with Gasteiger partial charge in [-0.1, -0.05) is 13.8 Å². The third kappa shape index (κ3) is 4.12. The molecule has 6 nitrogen and oxygen atoms in total. The zero-order valence-corrected chi connectivity index (χ0v) is 13.3. The largest absolute Gasteiger partial charge is 0.482 e. The summed E-state index contributed by atoms with van der Waals surface area (Å²) in [6.07, 6.45) is 1.50. The van der Waals surface area contributed by atoms with Gasteiger partial charge in [-0.25, -0.2) is 4.79 Å². The van der Waals surface area contributed by atoms with E-state index >= 15 is 0 Å². The van der Waals surface area contributed by atoms with Gasteiger partial charge < -0.3 is 19.6 Å². The van der Waals surface area contributed by atoms with Crippen LogP contribution in [0.4, 0.5) is 5.69 Å². The van der Waals surface area contributed by atoms with Gasteiger partial charge in [-0.2, -0.15) is 0 Å². The first-order chi connectivity index (χ1) is 10.9. The third-order valence-electron chi connectivity index (χ3n) is 3.33. The molecule has 1 aromatic carbocycles. The van der Waals surface area contributed by atoms with Gasteiger partial charge in [0.25, 0.3) is 5.91 Å². The lowest BCUT2D eigenvalue weighted by molar-refractivity contribution is -0.139. The summed E-state index contributed by atoms with van der Waals surface area (Å²) in [5.41, 5.74) is 2.23. The number of carboxylic acids is 1. The molecule has 0 saturated carbocycles. The number of furan rings is 1. The van der Waals surface area contributed by atoms with Gasteiger partial charge in [-0.05, 0) is 42.7 Å². The first-order valence-corrected chi connectivity index (χ1v) is 7.22. The smallest absolute Gasteiger partial charge is 0.341 e. The van der Waals surface area contributed by atoms with Crippen LogP contribution in [-0.2, 0) is 4.79 Å². The van der Waals surface area contributed by atoms with E-state index in [2.05, 4.69) is 5.32 Å². The molecule has 0 unspecified atom stereocenters. The molecule has 0 aliphatic heterocycles. The van der Waals surface area contributed by atoms with Crippen LogP contribution in [0.1, 0.15) is 41.4 Å². The van der Waals surface area contributed by atoms with Crippen molar-refractivity contribution in [3.8, 4) is 5.75 Å². The van der Waals surface area contributed by atoms with Gasteiger partial charge in [-0.3, -0.25) is 4.79 Å². The van der Waals surface area contributed by atoms with E-state index in [9.17, 15) is 9.59 Å². The average molecular weight is 317 g/mol. The number of ether oxygens (including phenoxy) is 1. The van der Waals surface area contributed by atoms with Crippen LogP contribution < -0.4 is 10.1 Å². The molecule has 0 saturated heterocycles. The van der Waals surface area contributed by atoms with E-state index in [-0.39, 0.29) is 11.8 Å². The van der Waals surface area contributed by atoms with Crippen molar-refractivity contribution in [2.45, 2.75) is 26.7 Å². The maximum Gasteiger partial charge on any atom is 0.341 e. The highest BCUT2D eigenvalue weighted by Crippen LogP contribution is 2.24. The van der Waals surface area contributed by atoms with E-state index in [1.165, 1.54) is 6.26 Å². The van der Waals surface area contributed by atoms with E-state index in [0.717, 1.165) is 11.1 Å². The first-order valence-electron chi connectivity index (χ1n) is 7.22. The van der Waals surface area contributed by atoms with Crippen molar-refractivity contribution in [3.63, 3.8) is 0 Å². The van der Waals surface area contributed by atoms with Crippen LogP contribution in [0.2, 0.25) is 0 Å². The standard InChI is InChI=1S/C17H19NO5/c1-10(2)13-6-7-22-16(13)17(21)18-14-5-4-12(8-11(14)3)23-9-15(19)20/h4-8,10H,9H2,1-3H3,(H,18,21)(H,19,20). The predicted molar refractivity (Wildman–Crippen MR) is 85.1 cm³/mol. The minimum atomic E-state index is -1.04. The maximum absolute atomic E-state index is 12.3. The SMILES string of the molecule is Cc1cc(OCC(=O)O)ccc1NC(=O)c1occc1C(C)C. The van der Waals surface area contributed by atoms with Crippen LogP contribution in [0.15, 0.2) is 34.9 Å². The van der Waals surface area contributed by atoms with Crippen LogP contribution >= 0.6 is 0 Å². The fourth-order valence-electron chi connectivity index (χ4n) is 2.15. The molecule has 0 spiro atoms. The summed E-state index contributed by atoms with van der Waals surface area (Å²) in [4.78, 5) is 22.8. The monoisotopic (exact) mass is 317 g/mol. The van der Waals surface area contributed by atoms with Crippen LogP contribution in [0.3, 0.4) is 0 Å². The molecule has 23 heavy (non-hydrogen) atoms. The number of aliphatic carboxylic acids is 1. The van der Waals surface area contributed by atoms with Gasteiger partial charge in [0, 0.05) is 11.3 Å². The Morgan fingerprint density at radius 2 is 2.04 bits per heavy atom. The summed E-state index contributed by atoms with van der Waals surface area (Å²) in [5.74, 6) is -0.447. The number of hydrogen-bond donors (Lipinski definition) is 2. The summed E-state index contributed by atoms with van der Waals surface area (Å²) < 4.78 is 10.4. The molecule has 0 atom stereocenters. The number of nitrogens with one attached hydrogen (secondary N) is 1. The second-order valence-corrected chi connectivity index (χ2v) is 5.47. The summed E-state index contributed by atoms with van der Waals surface area (Å²) in [6, 6.07) is 6.73. The molecule has 0 radical (unpaired) electrons. The molecule has 0 fully saturated rings. The Labute approximate surface area is 134 Å². The van der Waals surface area contributed by atoms with E-state index in [1.54, 1.807) is 31.2 Å². The second kappa shape index (κ2) is 7.00. The lowest BCUT2D eigenvalue weighted by Crippen LogP contribution is -2.14. The van der Waals surface area contributed by atoms with Gasteiger partial charge in [0.1, 0.15) is 5.75 Å². The van der Waals surface area contributed by atoms with Crippen molar-refractivity contribution < 1.29 is 23.8 Å². The highest BCUT2D eigenvalue weighted by molar-refractivity contribution is 6.03. The van der Waals surface area contributed by atoms with E-state index < -0.39 is 12.6 Å². The Morgan fingerprint density at radius 3 is 2.65 bits per heavy atom. The molecule has 1 amide bonds. The number of carboxylic acid groups (broad SMARTS) is 1. The lowest BCUT2D eigenvalue weighted by atomic mass is 10.0. The molecule has 122 valence electrons. The maximum atomic E-state index is 12.3. The molecule has 0 aliphatic carbocycles. The molecule has 6 heteroatoms. The number of amides is 1. The Bertz CT molecular complexity index is 718. The van der Waals surface area contributed by atoms with Gasteiger partial charge in [0.2, 0.25) is 0 Å². The molecule has 2 rings (SSSR count). The highest BCUT2D eigenvalue weighted by atomic mass is 16.5. The number of carbonyl (C=O) groups is 2. The summed E-state index contributed by atoms with van der Waals surface area (Å²) in [7, 11) is 0. The van der Waals surface area contributed by atoms with Crippen LogP contribution in [0.5, 0.6) is 5.75 Å². The zero-order valence-electron chi connectivity index (χ0n) is 13.3. The summed E-state index contributed by atoms with van der Waals surface area (Å²) in [6.45, 7) is 5.37. The van der Waals surface area contributed by atoms with Crippen LogP contribution in [-0.4, -0.2) is 23.6 Å². The number of hydrogen-bond acceptors (Lipinski definition) is 4. The van der Waals surface area contributed by atoms with Crippen molar-refractivity contribution in [2.24, 2.45) is 0 Å². The molecule has 2 N–H and O–H groups in total. The fourth-order valence-corrected chi connectivity index (χ4v) is 2.15. The predicted octanol–water partition coefficient (Wildman–Crippen LogP) is 3.43. The summed E-state index contributed by atoms with van der Waals surface area (Å²) in [5, 5.41) is 11.4. The van der Waals surface area contributed by atoms with E-state index in [1.807, 2.05) is 13.8 Å². The van der Waals surface area contributed by atoms with E-state index in [0.29, 0.717) is 17.2 Å². The number of rotatable bonds is 6. The van der Waals surface area contributed by atoms with Gasteiger partial charge in [-0.15, -0.1) is 0 Å². The van der Waals surface area contributed by atoms with Gasteiger partial charge in [0.05, 0.1) is 6.26 Å². The number of carbonyl (C=O) groups excluding carboxylic acids is 1. The molecule has 2 aromatic rings. The number of benzene rings is 1. The second-order valence-electron chi connectivity index (χ2n) is 5.47. The molecular weight excluding hydrogens is 298 g/mol. The normalized spacial score (nSPS) is 10.6. The van der Waals surface area contributed by atoms with Crippen molar-refractivity contribution in [2.75, 3.05) is 11.9 Å². The number of aryl methyl sites for hydroxylation is 1. The van der Waals surface area contributed by atoms with Gasteiger partial charge in [0.15, 0.2) is 12.4 Å². The minimum Gasteiger partial charge on any atom is -0.482 e. The third-order valence-corrected chi connectivity index (χ3v) is 3.33. The Balaban J connectivity index is 2.12. The van der Waals surface area contributed by atoms with Crippen LogP contribution in [0, 0.1) is 6.92 Å². The number of anilines is 1. The Hall–Kier alpha value is -2.76. The van der Waals surface area contributed by atoms with E-state index in [4.69, 9.17) is 14.3 Å². The lowest BCUT2D eigenvalue weighted by Gasteiger charge is -2.11. The molecular formula is C17H19NO5. The molecule has 0 bridgehead atoms. The average Bonchev–Trinajstić information content (AvgIpc) is 2.97. The van der Waals surface area contributed by atoms with Crippen molar-refractivity contribution in [1.29, 1.82) is 0 Å². The fraction of sp³-hybridized carbons (Fsp3) is 0.294. The van der Waals surface area contributed by atoms with Crippen molar-refractivity contribution in [1.82, 2.24) is 0 Å². The molecule has 0 aliphatic rings. The summed E-state index contributed by atoms with van der Waals surface area (Å²) >= 11 is 0. The van der Waals surface area contributed by atoms with Crippen molar-refractivity contribution >= 4 is 17.6 Å². The minimum absolute atomic E-state index is 0.183. The molecule has 1 heterocycles. The topological polar surface area (TPSA) is 88.8 Å². The van der Waals surface area contributed by atoms with Gasteiger partial charge >= 0.3 is 5.97 Å². The zero-order chi connectivity index (χ0) is 17.0. The van der Waals surface area contributed by atoms with Crippen LogP contribution in [0.25, 0.3) is 0 Å². The Kier molecular flexibility index (Phi) is 5.05. The first kappa shape index (κ1) is 16.6. The Morgan fingerprint density at radius 1 is 1.30 bits per heavy atom. The highest BCUT2D eigenvalue weighted by Gasteiger charge is 2.18. The quantitative estimate of drug-likeness (QED) is 0.852. The van der Waals surface area contributed by atoms with Crippen molar-refractivity contribution in [3.05, 3.63) is 47.4 Å². The molecule has 1 aromatic heterocycles.